The van der Waals surface area contributed by atoms with Gasteiger partial charge < -0.3 is 0 Å². The zero-order valence-corrected chi connectivity index (χ0v) is 13.7. The molecule has 20 heavy (non-hydrogen) atoms. The Bertz CT molecular complexity index is 399. The molecule has 0 aliphatic heterocycles. The molecule has 1 atom stereocenters. The Morgan fingerprint density at radius 3 is 2.60 bits per heavy atom. The third kappa shape index (κ3) is 3.79. The summed E-state index contributed by atoms with van der Waals surface area (Å²) in [5.41, 5.74) is 3.36. The molecule has 0 saturated carbocycles. The lowest BCUT2D eigenvalue weighted by atomic mass is 9.68. The molecule has 1 unspecified atom stereocenters. The second-order valence-electron chi connectivity index (χ2n) is 6.44. The largest absolute Gasteiger partial charge is 0.126 e. The van der Waals surface area contributed by atoms with E-state index >= 15 is 0 Å². The Morgan fingerprint density at radius 2 is 1.80 bits per heavy atom. The Morgan fingerprint density at radius 1 is 1.05 bits per heavy atom. The van der Waals surface area contributed by atoms with Crippen molar-refractivity contribution >= 4 is 11.6 Å². The zero-order valence-electron chi connectivity index (χ0n) is 13.0. The van der Waals surface area contributed by atoms with Gasteiger partial charge in [0.25, 0.3) is 0 Å². The smallest absolute Gasteiger partial charge is 0.0320 e. The van der Waals surface area contributed by atoms with E-state index in [0.29, 0.717) is 0 Å². The number of aryl methyl sites for hydroxylation is 1. The van der Waals surface area contributed by atoms with E-state index in [4.69, 9.17) is 11.6 Å². The van der Waals surface area contributed by atoms with Crippen LogP contribution in [0.1, 0.15) is 75.8 Å². The first-order chi connectivity index (χ1) is 9.82. The van der Waals surface area contributed by atoms with Crippen molar-refractivity contribution in [2.45, 2.75) is 76.5 Å². The van der Waals surface area contributed by atoms with Gasteiger partial charge in [-0.1, -0.05) is 69.7 Å². The summed E-state index contributed by atoms with van der Waals surface area (Å²) >= 11 is 6.43. The van der Waals surface area contributed by atoms with Gasteiger partial charge in [-0.2, -0.15) is 0 Å². The zero-order chi connectivity index (χ0) is 14.3. The van der Waals surface area contributed by atoms with Crippen molar-refractivity contribution in [2.75, 3.05) is 5.88 Å². The number of halogens is 1. The highest BCUT2D eigenvalue weighted by Gasteiger charge is 2.34. The Kier molecular flexibility index (Phi) is 6.42. The molecule has 112 valence electrons. The van der Waals surface area contributed by atoms with Gasteiger partial charge in [0, 0.05) is 11.3 Å². The molecule has 0 amide bonds. The van der Waals surface area contributed by atoms with Gasteiger partial charge in [-0.05, 0) is 36.8 Å². The maximum absolute atomic E-state index is 6.43. The molecule has 0 spiro atoms. The fourth-order valence-electron chi connectivity index (χ4n) is 3.72. The maximum Gasteiger partial charge on any atom is 0.0320 e. The van der Waals surface area contributed by atoms with Crippen LogP contribution in [-0.4, -0.2) is 5.88 Å². The lowest BCUT2D eigenvalue weighted by Crippen LogP contribution is -2.32. The van der Waals surface area contributed by atoms with E-state index in [2.05, 4.69) is 31.2 Å². The molecule has 1 aromatic rings. The topological polar surface area (TPSA) is 0 Å². The number of rotatable bonds is 8. The first-order valence-electron chi connectivity index (χ1n) is 8.47. The molecule has 0 aromatic heterocycles. The molecule has 1 aliphatic rings. The number of benzene rings is 1. The number of hydrogen-bond acceptors (Lipinski definition) is 0. The molecule has 2 rings (SSSR count). The monoisotopic (exact) mass is 292 g/mol. The maximum atomic E-state index is 6.43. The van der Waals surface area contributed by atoms with Crippen molar-refractivity contribution in [1.82, 2.24) is 0 Å². The van der Waals surface area contributed by atoms with Gasteiger partial charge in [-0.3, -0.25) is 0 Å². The molecular formula is C19H29Cl. The van der Waals surface area contributed by atoms with Gasteiger partial charge in [0.1, 0.15) is 0 Å². The van der Waals surface area contributed by atoms with Gasteiger partial charge >= 0.3 is 0 Å². The Hall–Kier alpha value is -0.490. The lowest BCUT2D eigenvalue weighted by Gasteiger charge is -2.38. The minimum Gasteiger partial charge on any atom is -0.126 e. The summed E-state index contributed by atoms with van der Waals surface area (Å²) in [6.45, 7) is 2.28. The van der Waals surface area contributed by atoms with Crippen LogP contribution in [0.2, 0.25) is 0 Å². The molecular weight excluding hydrogens is 264 g/mol. The molecule has 0 N–H and O–H groups in total. The Balaban J connectivity index is 1.93. The van der Waals surface area contributed by atoms with Gasteiger partial charge in [0.05, 0.1) is 0 Å². The summed E-state index contributed by atoms with van der Waals surface area (Å²) in [6, 6.07) is 8.99. The fourth-order valence-corrected chi connectivity index (χ4v) is 4.13. The molecule has 0 saturated heterocycles. The first-order valence-corrected chi connectivity index (χ1v) is 9.00. The second-order valence-corrected chi connectivity index (χ2v) is 6.71. The third-order valence-electron chi connectivity index (χ3n) is 4.95. The predicted molar refractivity (Wildman–Crippen MR) is 89.8 cm³/mol. The van der Waals surface area contributed by atoms with Crippen molar-refractivity contribution in [1.29, 1.82) is 0 Å². The van der Waals surface area contributed by atoms with Crippen LogP contribution < -0.4 is 0 Å². The van der Waals surface area contributed by atoms with Crippen molar-refractivity contribution in [2.24, 2.45) is 0 Å². The standard InChI is InChI=1S/C19H29Cl/c1-2-3-4-5-6-9-14-19(16-20)15-10-12-17-11-7-8-13-18(17)19/h7-8,11,13H,2-6,9-10,12,14-16H2,1H3. The SMILES string of the molecule is CCCCCCCCC1(CCl)CCCc2ccccc21. The van der Waals surface area contributed by atoms with Gasteiger partial charge in [0.2, 0.25) is 0 Å². The molecule has 0 heterocycles. The lowest BCUT2D eigenvalue weighted by molar-refractivity contribution is 0.355. The number of fused-ring (bicyclic) bond motifs is 1. The second kappa shape index (κ2) is 8.08. The van der Waals surface area contributed by atoms with E-state index in [1.807, 2.05) is 0 Å². The van der Waals surface area contributed by atoms with Crippen LogP contribution in [0.15, 0.2) is 24.3 Å². The minimum atomic E-state index is 0.265. The number of hydrogen-bond donors (Lipinski definition) is 0. The average molecular weight is 293 g/mol. The minimum absolute atomic E-state index is 0.265. The van der Waals surface area contributed by atoms with Crippen molar-refractivity contribution in [3.05, 3.63) is 35.4 Å². The van der Waals surface area contributed by atoms with Crippen LogP contribution in [0, 0.1) is 0 Å². The number of alkyl halides is 1. The van der Waals surface area contributed by atoms with E-state index < -0.39 is 0 Å². The van der Waals surface area contributed by atoms with Crippen LogP contribution in [0.5, 0.6) is 0 Å². The summed E-state index contributed by atoms with van der Waals surface area (Å²) in [4.78, 5) is 0. The quantitative estimate of drug-likeness (QED) is 0.392. The molecule has 0 fully saturated rings. The van der Waals surface area contributed by atoms with Gasteiger partial charge in [-0.15, -0.1) is 11.6 Å². The first kappa shape index (κ1) is 15.9. The van der Waals surface area contributed by atoms with Crippen LogP contribution >= 0.6 is 11.6 Å². The molecule has 1 aliphatic carbocycles. The average Bonchev–Trinajstić information content (AvgIpc) is 2.51. The van der Waals surface area contributed by atoms with E-state index in [9.17, 15) is 0 Å². The van der Waals surface area contributed by atoms with E-state index in [-0.39, 0.29) is 5.41 Å². The van der Waals surface area contributed by atoms with Gasteiger partial charge in [-0.25, -0.2) is 0 Å². The molecule has 0 nitrogen and oxygen atoms in total. The number of unbranched alkanes of at least 4 members (excludes halogenated alkanes) is 5. The summed E-state index contributed by atoms with van der Waals surface area (Å²) in [5, 5.41) is 0. The summed E-state index contributed by atoms with van der Waals surface area (Å²) in [6.07, 6.45) is 13.3. The normalized spacial score (nSPS) is 21.7. The summed E-state index contributed by atoms with van der Waals surface area (Å²) < 4.78 is 0. The summed E-state index contributed by atoms with van der Waals surface area (Å²) in [7, 11) is 0. The molecule has 1 heteroatoms. The highest BCUT2D eigenvalue weighted by molar-refractivity contribution is 6.18. The Labute approximate surface area is 129 Å². The molecule has 1 aromatic carbocycles. The van der Waals surface area contributed by atoms with Crippen LogP contribution in [0.3, 0.4) is 0 Å². The molecule has 0 radical (unpaired) electrons. The van der Waals surface area contributed by atoms with E-state index in [0.717, 1.165) is 5.88 Å². The van der Waals surface area contributed by atoms with E-state index in [1.54, 1.807) is 11.1 Å². The van der Waals surface area contributed by atoms with Crippen LogP contribution in [0.4, 0.5) is 0 Å². The predicted octanol–water partition coefficient (Wildman–Crippen LogP) is 6.25. The third-order valence-corrected chi connectivity index (χ3v) is 5.47. The van der Waals surface area contributed by atoms with E-state index in [1.165, 1.54) is 64.2 Å². The van der Waals surface area contributed by atoms with Crippen molar-refractivity contribution in [3.8, 4) is 0 Å². The van der Waals surface area contributed by atoms with Gasteiger partial charge in [0.15, 0.2) is 0 Å². The van der Waals surface area contributed by atoms with Crippen molar-refractivity contribution < 1.29 is 0 Å². The highest BCUT2D eigenvalue weighted by atomic mass is 35.5. The fraction of sp³-hybridized carbons (Fsp3) is 0.684. The summed E-state index contributed by atoms with van der Waals surface area (Å²) in [5.74, 6) is 0.791. The molecule has 0 bridgehead atoms. The van der Waals surface area contributed by atoms with Crippen LogP contribution in [-0.2, 0) is 11.8 Å². The highest BCUT2D eigenvalue weighted by Crippen LogP contribution is 2.42. The van der Waals surface area contributed by atoms with Crippen LogP contribution in [0.25, 0.3) is 0 Å². The van der Waals surface area contributed by atoms with Crippen molar-refractivity contribution in [3.63, 3.8) is 0 Å².